The minimum Gasteiger partial charge on any atom is -0.483 e. The van der Waals surface area contributed by atoms with E-state index in [9.17, 15) is 4.79 Å². The number of hydrogen-bond acceptors (Lipinski definition) is 3. The molecule has 22 heavy (non-hydrogen) atoms. The van der Waals surface area contributed by atoms with E-state index in [1.54, 1.807) is 7.05 Å². The van der Waals surface area contributed by atoms with Crippen LogP contribution in [0, 0.1) is 5.92 Å². The molecule has 1 fully saturated rings. The molecule has 126 valence electrons. The van der Waals surface area contributed by atoms with E-state index in [2.05, 4.69) is 43.1 Å². The highest BCUT2D eigenvalue weighted by Crippen LogP contribution is 2.16. The largest absolute Gasteiger partial charge is 0.483 e. The number of allylic oxidation sites excluding steroid dienone is 3. The second-order valence-electron chi connectivity index (χ2n) is 5.84. The molecule has 1 unspecified atom stereocenters. The fraction of sp³-hybridized carbons (Fsp3) is 0.647. The van der Waals surface area contributed by atoms with Crippen LogP contribution in [-0.4, -0.2) is 49.1 Å². The molecule has 1 rings (SSSR count). The van der Waals surface area contributed by atoms with Crippen molar-refractivity contribution >= 4 is 12.4 Å². The summed E-state index contributed by atoms with van der Waals surface area (Å²) in [5.41, 5.74) is 2.83. The maximum Gasteiger partial charge on any atom is 0.290 e. The molecule has 1 heterocycles. The predicted molar refractivity (Wildman–Crippen MR) is 89.7 cm³/mol. The molecule has 1 aliphatic rings. The Morgan fingerprint density at radius 1 is 1.32 bits per heavy atom. The highest BCUT2D eigenvalue weighted by atomic mass is 16.3. The number of nitrogens with one attached hydrogen (secondary N) is 1. The van der Waals surface area contributed by atoms with Gasteiger partial charge in [-0.2, -0.15) is 0 Å². The fourth-order valence-electron chi connectivity index (χ4n) is 2.39. The molecule has 0 aromatic rings. The fourth-order valence-corrected chi connectivity index (χ4v) is 2.39. The molecule has 0 spiro atoms. The van der Waals surface area contributed by atoms with Crippen LogP contribution in [0.2, 0.25) is 0 Å². The van der Waals surface area contributed by atoms with Gasteiger partial charge in [0.2, 0.25) is 5.91 Å². The molecule has 0 aromatic heterocycles. The lowest BCUT2D eigenvalue weighted by molar-refractivity contribution is -0.124. The Morgan fingerprint density at radius 3 is 2.50 bits per heavy atom. The summed E-state index contributed by atoms with van der Waals surface area (Å²) in [5.74, 6) is 0.371. The molecule has 2 N–H and O–H groups in total. The average Bonchev–Trinajstić information content (AvgIpc) is 2.93. The van der Waals surface area contributed by atoms with Crippen molar-refractivity contribution in [1.29, 1.82) is 0 Å². The van der Waals surface area contributed by atoms with Crippen molar-refractivity contribution in [1.82, 2.24) is 10.2 Å². The van der Waals surface area contributed by atoms with Crippen LogP contribution in [0.5, 0.6) is 0 Å². The summed E-state index contributed by atoms with van der Waals surface area (Å²) in [5, 5.41) is 9.63. The molecule has 0 saturated carbocycles. The van der Waals surface area contributed by atoms with Gasteiger partial charge in [0.05, 0.1) is 5.92 Å². The summed E-state index contributed by atoms with van der Waals surface area (Å²) in [6.45, 7) is 9.15. The summed E-state index contributed by atoms with van der Waals surface area (Å²) in [6.07, 6.45) is 7.85. The first-order valence-corrected chi connectivity index (χ1v) is 7.75. The first kappa shape index (κ1) is 20.4. The van der Waals surface area contributed by atoms with Gasteiger partial charge in [0.25, 0.3) is 6.47 Å². The van der Waals surface area contributed by atoms with E-state index in [1.165, 1.54) is 11.1 Å². The molecule has 5 heteroatoms. The highest BCUT2D eigenvalue weighted by Gasteiger charge is 2.26. The van der Waals surface area contributed by atoms with Crippen molar-refractivity contribution in [2.75, 3.05) is 26.7 Å². The Bertz CT molecular complexity index is 399. The van der Waals surface area contributed by atoms with Gasteiger partial charge in [-0.25, -0.2) is 0 Å². The van der Waals surface area contributed by atoms with Crippen molar-refractivity contribution in [2.24, 2.45) is 5.92 Å². The lowest BCUT2D eigenvalue weighted by Crippen LogP contribution is -2.30. The topological polar surface area (TPSA) is 69.6 Å². The lowest BCUT2D eigenvalue weighted by Gasteiger charge is -2.13. The maximum atomic E-state index is 11.5. The minimum atomic E-state index is -0.250. The Hall–Kier alpha value is -1.62. The lowest BCUT2D eigenvalue weighted by atomic mass is 10.1. The molecular formula is C17H30N2O3. The third-order valence-electron chi connectivity index (χ3n) is 3.68. The SMILES string of the molecule is CNC(=O)C1CCN(C/C=C(\C)CCC=C(C)C)C1.O=CO. The van der Waals surface area contributed by atoms with Crippen LogP contribution >= 0.6 is 0 Å². The molecule has 1 atom stereocenters. The number of carboxylic acid groups (broad SMARTS) is 1. The number of likely N-dealkylation sites (tertiary alicyclic amines) is 1. The highest BCUT2D eigenvalue weighted by molar-refractivity contribution is 5.78. The molecule has 5 nitrogen and oxygen atoms in total. The van der Waals surface area contributed by atoms with Gasteiger partial charge in [-0.05, 0) is 46.6 Å². The van der Waals surface area contributed by atoms with Gasteiger partial charge >= 0.3 is 0 Å². The maximum absolute atomic E-state index is 11.5. The van der Waals surface area contributed by atoms with Gasteiger partial charge < -0.3 is 10.4 Å². The zero-order valence-electron chi connectivity index (χ0n) is 14.3. The van der Waals surface area contributed by atoms with Crippen LogP contribution in [0.3, 0.4) is 0 Å². The number of nitrogens with zero attached hydrogens (tertiary/aromatic N) is 1. The van der Waals surface area contributed by atoms with E-state index in [-0.39, 0.29) is 18.3 Å². The Labute approximate surface area is 134 Å². The van der Waals surface area contributed by atoms with E-state index < -0.39 is 0 Å². The standard InChI is InChI=1S/C16H28N2O.CH2O2/c1-13(2)6-5-7-14(3)8-10-18-11-9-15(12-18)16(19)17-4;2-1-3/h6,8,15H,5,7,9-12H2,1-4H3,(H,17,19);1H,(H,2,3)/b14-8+;. The molecule has 1 amide bonds. The van der Waals surface area contributed by atoms with Gasteiger partial charge in [0, 0.05) is 20.1 Å². The molecule has 0 bridgehead atoms. The van der Waals surface area contributed by atoms with Crippen LogP contribution in [0.15, 0.2) is 23.3 Å². The number of carbonyl (C=O) groups is 2. The van der Waals surface area contributed by atoms with E-state index in [1.807, 2.05) is 0 Å². The van der Waals surface area contributed by atoms with Gasteiger partial charge in [0.15, 0.2) is 0 Å². The Balaban J connectivity index is 0.00000135. The Morgan fingerprint density at radius 2 is 1.95 bits per heavy atom. The van der Waals surface area contributed by atoms with Crippen molar-refractivity contribution in [2.45, 2.75) is 40.0 Å². The van der Waals surface area contributed by atoms with E-state index in [0.717, 1.165) is 38.9 Å². The van der Waals surface area contributed by atoms with Crippen molar-refractivity contribution in [3.8, 4) is 0 Å². The predicted octanol–water partition coefficient (Wildman–Crippen LogP) is 2.45. The van der Waals surface area contributed by atoms with Crippen LogP contribution in [0.25, 0.3) is 0 Å². The zero-order chi connectivity index (χ0) is 17.0. The molecule has 0 aromatic carbocycles. The quantitative estimate of drug-likeness (QED) is 0.584. The molecule has 1 aliphatic heterocycles. The Kier molecular flexibility index (Phi) is 11.1. The van der Waals surface area contributed by atoms with Crippen LogP contribution in [0.1, 0.15) is 40.0 Å². The van der Waals surface area contributed by atoms with Crippen molar-refractivity contribution in [3.63, 3.8) is 0 Å². The van der Waals surface area contributed by atoms with Crippen molar-refractivity contribution in [3.05, 3.63) is 23.3 Å². The average molecular weight is 310 g/mol. The van der Waals surface area contributed by atoms with Crippen molar-refractivity contribution < 1.29 is 14.7 Å². The number of hydrogen-bond donors (Lipinski definition) is 2. The summed E-state index contributed by atoms with van der Waals surface area (Å²) >= 11 is 0. The molecule has 1 saturated heterocycles. The third kappa shape index (κ3) is 9.34. The molecule has 0 radical (unpaired) electrons. The van der Waals surface area contributed by atoms with Crippen LogP contribution in [-0.2, 0) is 9.59 Å². The number of amides is 1. The van der Waals surface area contributed by atoms with E-state index >= 15 is 0 Å². The third-order valence-corrected chi connectivity index (χ3v) is 3.68. The van der Waals surface area contributed by atoms with E-state index in [0.29, 0.717) is 0 Å². The second-order valence-corrected chi connectivity index (χ2v) is 5.84. The summed E-state index contributed by atoms with van der Waals surface area (Å²) in [4.78, 5) is 22.3. The zero-order valence-corrected chi connectivity index (χ0v) is 14.3. The smallest absolute Gasteiger partial charge is 0.290 e. The van der Waals surface area contributed by atoms with E-state index in [4.69, 9.17) is 9.90 Å². The summed E-state index contributed by atoms with van der Waals surface area (Å²) in [7, 11) is 1.72. The second kappa shape index (κ2) is 12.0. The first-order chi connectivity index (χ1) is 10.4. The molecule has 0 aliphatic carbocycles. The number of rotatable bonds is 6. The van der Waals surface area contributed by atoms with Gasteiger partial charge in [0.1, 0.15) is 0 Å². The molecular weight excluding hydrogens is 280 g/mol. The van der Waals surface area contributed by atoms with Crippen LogP contribution in [0.4, 0.5) is 0 Å². The normalized spacial score (nSPS) is 18.2. The van der Waals surface area contributed by atoms with Gasteiger partial charge in [-0.3, -0.25) is 14.5 Å². The summed E-state index contributed by atoms with van der Waals surface area (Å²) in [6, 6.07) is 0. The minimum absolute atomic E-state index is 0.185. The summed E-state index contributed by atoms with van der Waals surface area (Å²) < 4.78 is 0. The van der Waals surface area contributed by atoms with Crippen LogP contribution < -0.4 is 5.32 Å². The monoisotopic (exact) mass is 310 g/mol. The van der Waals surface area contributed by atoms with Gasteiger partial charge in [-0.15, -0.1) is 0 Å². The first-order valence-electron chi connectivity index (χ1n) is 7.75. The number of carbonyl (C=O) groups excluding carboxylic acids is 1. The van der Waals surface area contributed by atoms with Gasteiger partial charge in [-0.1, -0.05) is 23.3 Å².